The quantitative estimate of drug-likeness (QED) is 0.722. The van der Waals surface area contributed by atoms with Crippen LogP contribution in [-0.4, -0.2) is 31.2 Å². The van der Waals surface area contributed by atoms with E-state index in [4.69, 9.17) is 11.6 Å². The molecular weight excluding hydrogens is 420 g/mol. The van der Waals surface area contributed by atoms with Crippen LogP contribution < -0.4 is 5.32 Å². The van der Waals surface area contributed by atoms with Crippen LogP contribution in [0.3, 0.4) is 0 Å². The lowest BCUT2D eigenvalue weighted by atomic mass is 9.86. The first kappa shape index (κ1) is 22.8. The molecule has 162 valence electrons. The smallest absolute Gasteiger partial charge is 0.243 e. The van der Waals surface area contributed by atoms with Gasteiger partial charge >= 0.3 is 0 Å². The second-order valence-corrected chi connectivity index (χ2v) is 11.2. The number of rotatable bonds is 5. The normalized spacial score (nSPS) is 18.9. The van der Waals surface area contributed by atoms with Crippen LogP contribution in [-0.2, 0) is 20.2 Å². The van der Waals surface area contributed by atoms with Crippen LogP contribution in [0.15, 0.2) is 53.4 Å². The van der Waals surface area contributed by atoms with Gasteiger partial charge in [0.1, 0.15) is 6.04 Å². The zero-order chi connectivity index (χ0) is 22.1. The molecule has 1 amide bonds. The summed E-state index contributed by atoms with van der Waals surface area (Å²) in [6.45, 7) is 8.71. The van der Waals surface area contributed by atoms with Gasteiger partial charge in [-0.3, -0.25) is 4.79 Å². The molecule has 30 heavy (non-hydrogen) atoms. The molecule has 0 aliphatic carbocycles. The van der Waals surface area contributed by atoms with Crippen molar-refractivity contribution in [3.8, 4) is 0 Å². The largest absolute Gasteiger partial charge is 0.348 e. The molecule has 0 bridgehead atoms. The van der Waals surface area contributed by atoms with E-state index >= 15 is 0 Å². The first-order chi connectivity index (χ1) is 14.0. The minimum Gasteiger partial charge on any atom is -0.348 e. The lowest BCUT2D eigenvalue weighted by molar-refractivity contribution is -0.124. The average Bonchev–Trinajstić information content (AvgIpc) is 3.18. The summed E-state index contributed by atoms with van der Waals surface area (Å²) in [5.74, 6) is -0.266. The number of carbonyl (C=O) groups is 1. The van der Waals surface area contributed by atoms with Crippen LogP contribution in [0.5, 0.6) is 0 Å². The van der Waals surface area contributed by atoms with Gasteiger partial charge in [0.2, 0.25) is 15.9 Å². The van der Waals surface area contributed by atoms with Gasteiger partial charge in [-0.15, -0.1) is 0 Å². The molecule has 2 aromatic rings. The second kappa shape index (κ2) is 8.69. The maximum atomic E-state index is 13.1. The predicted molar refractivity (Wildman–Crippen MR) is 120 cm³/mol. The minimum absolute atomic E-state index is 0.0609. The molecule has 1 aliphatic rings. The number of sulfonamides is 1. The van der Waals surface area contributed by atoms with Crippen molar-refractivity contribution in [3.63, 3.8) is 0 Å². The highest BCUT2D eigenvalue weighted by Crippen LogP contribution is 2.28. The first-order valence-corrected chi connectivity index (χ1v) is 12.0. The minimum atomic E-state index is -3.76. The molecule has 0 saturated carbocycles. The molecule has 5 nitrogen and oxygen atoms in total. The van der Waals surface area contributed by atoms with Gasteiger partial charge in [-0.2, -0.15) is 4.31 Å². The van der Waals surface area contributed by atoms with Crippen LogP contribution in [0.25, 0.3) is 0 Å². The van der Waals surface area contributed by atoms with Crippen molar-refractivity contribution >= 4 is 27.5 Å². The summed E-state index contributed by atoms with van der Waals surface area (Å²) in [7, 11) is -3.76. The lowest BCUT2D eigenvalue weighted by Crippen LogP contribution is -2.46. The third-order valence-electron chi connectivity index (χ3n) is 5.56. The monoisotopic (exact) mass is 448 g/mol. The van der Waals surface area contributed by atoms with Gasteiger partial charge < -0.3 is 5.32 Å². The number of nitrogens with zero attached hydrogens (tertiary/aromatic N) is 1. The van der Waals surface area contributed by atoms with E-state index < -0.39 is 16.1 Å². The molecular formula is C23H29ClN2O3S. The van der Waals surface area contributed by atoms with E-state index in [2.05, 4.69) is 38.2 Å². The summed E-state index contributed by atoms with van der Waals surface area (Å²) in [5, 5.41) is 3.46. The highest BCUT2D eigenvalue weighted by atomic mass is 35.5. The van der Waals surface area contributed by atoms with Crippen LogP contribution in [0.4, 0.5) is 0 Å². The van der Waals surface area contributed by atoms with Crippen LogP contribution in [0.1, 0.15) is 57.7 Å². The third kappa shape index (κ3) is 4.88. The maximum absolute atomic E-state index is 13.1. The fourth-order valence-electron chi connectivity index (χ4n) is 3.70. The van der Waals surface area contributed by atoms with Crippen LogP contribution in [0.2, 0.25) is 5.02 Å². The van der Waals surface area contributed by atoms with Gasteiger partial charge in [0, 0.05) is 11.6 Å². The third-order valence-corrected chi connectivity index (χ3v) is 7.74. The summed E-state index contributed by atoms with van der Waals surface area (Å²) in [4.78, 5) is 13.1. The Balaban J connectivity index is 1.73. The summed E-state index contributed by atoms with van der Waals surface area (Å²) < 4.78 is 27.4. The van der Waals surface area contributed by atoms with Gasteiger partial charge in [0.25, 0.3) is 0 Å². The molecule has 7 heteroatoms. The van der Waals surface area contributed by atoms with Crippen molar-refractivity contribution in [3.05, 3.63) is 64.7 Å². The molecule has 3 rings (SSSR count). The van der Waals surface area contributed by atoms with E-state index in [0.717, 1.165) is 5.56 Å². The van der Waals surface area contributed by atoms with E-state index in [9.17, 15) is 13.2 Å². The predicted octanol–water partition coefficient (Wildman–Crippen LogP) is 4.67. The first-order valence-electron chi connectivity index (χ1n) is 10.2. The molecule has 0 aromatic heterocycles. The van der Waals surface area contributed by atoms with Gasteiger partial charge in [0.15, 0.2) is 0 Å². The fourth-order valence-corrected chi connectivity index (χ4v) is 5.48. The van der Waals surface area contributed by atoms with Crippen molar-refractivity contribution in [1.82, 2.24) is 9.62 Å². The Morgan fingerprint density at radius 3 is 2.27 bits per heavy atom. The van der Waals surface area contributed by atoms with Crippen molar-refractivity contribution in [2.45, 2.75) is 62.9 Å². The molecule has 1 aliphatic heterocycles. The van der Waals surface area contributed by atoms with Gasteiger partial charge in [-0.05, 0) is 60.6 Å². The average molecular weight is 449 g/mol. The van der Waals surface area contributed by atoms with Crippen LogP contribution >= 0.6 is 11.6 Å². The molecule has 0 spiro atoms. The summed E-state index contributed by atoms with van der Waals surface area (Å²) >= 11 is 5.88. The summed E-state index contributed by atoms with van der Waals surface area (Å²) in [6, 6.07) is 13.3. The standard InChI is InChI=1S/C23H29ClN2O3S/c1-16(17-7-9-18(10-8-17)23(2,3)4)25-22(27)21-6-5-15-26(21)30(28,29)20-13-11-19(24)12-14-20/h7-14,16,21H,5-6,15H2,1-4H3,(H,25,27)/t16-,21+/m1/s1. The van der Waals surface area contributed by atoms with Crippen molar-refractivity contribution in [1.29, 1.82) is 0 Å². The molecule has 2 aromatic carbocycles. The Labute approximate surface area is 184 Å². The lowest BCUT2D eigenvalue weighted by Gasteiger charge is -2.25. The number of nitrogens with one attached hydrogen (secondary N) is 1. The van der Waals surface area contributed by atoms with Gasteiger partial charge in [0.05, 0.1) is 10.9 Å². The van der Waals surface area contributed by atoms with Crippen LogP contribution in [0, 0.1) is 0 Å². The number of halogens is 1. The second-order valence-electron chi connectivity index (χ2n) is 8.83. The molecule has 0 unspecified atom stereocenters. The molecule has 1 saturated heterocycles. The SMILES string of the molecule is C[C@@H](NC(=O)[C@@H]1CCCN1S(=O)(=O)c1ccc(Cl)cc1)c1ccc(C(C)(C)C)cc1. The van der Waals surface area contributed by atoms with E-state index in [-0.39, 0.29) is 22.3 Å². The summed E-state index contributed by atoms with van der Waals surface area (Å²) in [5.41, 5.74) is 2.27. The Morgan fingerprint density at radius 2 is 1.70 bits per heavy atom. The summed E-state index contributed by atoms with van der Waals surface area (Å²) in [6.07, 6.45) is 1.16. The molecule has 1 N–H and O–H groups in total. The topological polar surface area (TPSA) is 66.5 Å². The number of hydrogen-bond acceptors (Lipinski definition) is 3. The van der Waals surface area contributed by atoms with Crippen molar-refractivity contribution < 1.29 is 13.2 Å². The van der Waals surface area contributed by atoms with E-state index in [1.807, 2.05) is 19.1 Å². The van der Waals surface area contributed by atoms with E-state index in [1.54, 1.807) is 12.1 Å². The Hall–Kier alpha value is -1.89. The maximum Gasteiger partial charge on any atom is 0.243 e. The van der Waals surface area contributed by atoms with E-state index in [1.165, 1.54) is 22.0 Å². The zero-order valence-electron chi connectivity index (χ0n) is 17.9. The van der Waals surface area contributed by atoms with Crippen molar-refractivity contribution in [2.75, 3.05) is 6.54 Å². The van der Waals surface area contributed by atoms with Gasteiger partial charge in [-0.25, -0.2) is 8.42 Å². The van der Waals surface area contributed by atoms with E-state index in [0.29, 0.717) is 24.4 Å². The Bertz CT molecular complexity index is 996. The molecule has 1 fully saturated rings. The number of amides is 1. The molecule has 2 atom stereocenters. The van der Waals surface area contributed by atoms with Crippen molar-refractivity contribution in [2.24, 2.45) is 0 Å². The Morgan fingerprint density at radius 1 is 1.10 bits per heavy atom. The number of hydrogen-bond donors (Lipinski definition) is 1. The fraction of sp³-hybridized carbons (Fsp3) is 0.435. The highest BCUT2D eigenvalue weighted by molar-refractivity contribution is 7.89. The number of benzene rings is 2. The molecule has 1 heterocycles. The molecule has 0 radical (unpaired) electrons. The Kier molecular flexibility index (Phi) is 6.60. The highest BCUT2D eigenvalue weighted by Gasteiger charge is 2.39. The zero-order valence-corrected chi connectivity index (χ0v) is 19.4. The number of carbonyl (C=O) groups excluding carboxylic acids is 1. The van der Waals surface area contributed by atoms with Gasteiger partial charge in [-0.1, -0.05) is 56.6 Å².